The molecule has 0 aliphatic heterocycles. The molecule has 1 amide bonds. The number of halogens is 1. The summed E-state index contributed by atoms with van der Waals surface area (Å²) < 4.78 is 3.22. The number of carbonyl (C=O) groups is 1. The van der Waals surface area contributed by atoms with Crippen molar-refractivity contribution < 1.29 is 4.79 Å². The van der Waals surface area contributed by atoms with Crippen molar-refractivity contribution in [2.24, 2.45) is 0 Å². The van der Waals surface area contributed by atoms with E-state index in [2.05, 4.69) is 38.0 Å². The summed E-state index contributed by atoms with van der Waals surface area (Å²) in [5, 5.41) is 1.09. The number of carbonyl (C=O) groups excluding carboxylic acids is 1. The molecule has 1 unspecified atom stereocenters. The lowest BCUT2D eigenvalue weighted by atomic mass is 10.2. The molecule has 120 valence electrons. The van der Waals surface area contributed by atoms with Gasteiger partial charge >= 0.3 is 0 Å². The number of benzene rings is 1. The highest BCUT2D eigenvalue weighted by molar-refractivity contribution is 9.10. The summed E-state index contributed by atoms with van der Waals surface area (Å²) in [6.07, 6.45) is 1.81. The molecular formula is C16H18BrN4OP. The molecule has 0 saturated carbocycles. The molecule has 0 spiro atoms. The Hall–Kier alpha value is -1.52. The molecule has 1 atom stereocenters. The fraction of sp³-hybridized carbons (Fsp3) is 0.312. The van der Waals surface area contributed by atoms with E-state index in [0.29, 0.717) is 21.8 Å². The van der Waals surface area contributed by atoms with Crippen molar-refractivity contribution in [2.45, 2.75) is 20.4 Å². The average Bonchev–Trinajstić information content (AvgIpc) is 2.89. The number of nitrogens with zero attached hydrogens (tertiary/aromatic N) is 4. The van der Waals surface area contributed by atoms with E-state index in [-0.39, 0.29) is 5.91 Å². The largest absolute Gasteiger partial charge is 0.336 e. The Bertz CT molecular complexity index is 893. The maximum atomic E-state index is 11.7. The average molecular weight is 393 g/mol. The summed E-state index contributed by atoms with van der Waals surface area (Å²) in [4.78, 5) is 22.8. The molecular weight excluding hydrogens is 375 g/mol. The molecule has 5 nitrogen and oxygen atoms in total. The van der Waals surface area contributed by atoms with Crippen LogP contribution in [0.25, 0.3) is 21.9 Å². The molecule has 23 heavy (non-hydrogen) atoms. The zero-order valence-electron chi connectivity index (χ0n) is 13.3. The van der Waals surface area contributed by atoms with Gasteiger partial charge in [-0.3, -0.25) is 9.78 Å². The van der Waals surface area contributed by atoms with Crippen LogP contribution in [0.5, 0.6) is 0 Å². The first-order valence-electron chi connectivity index (χ1n) is 7.44. The van der Waals surface area contributed by atoms with E-state index >= 15 is 0 Å². The quantitative estimate of drug-likeness (QED) is 0.634. The number of aromatic nitrogens is 3. The monoisotopic (exact) mass is 392 g/mol. The third kappa shape index (κ3) is 2.98. The molecule has 0 radical (unpaired) electrons. The molecule has 2 aromatic heterocycles. The van der Waals surface area contributed by atoms with E-state index in [1.807, 2.05) is 25.3 Å². The predicted molar refractivity (Wildman–Crippen MR) is 99.1 cm³/mol. The van der Waals surface area contributed by atoms with E-state index in [0.717, 1.165) is 32.2 Å². The summed E-state index contributed by atoms with van der Waals surface area (Å²) in [6, 6.07) is 6.10. The number of hydrogen-bond acceptors (Lipinski definition) is 3. The zero-order valence-corrected chi connectivity index (χ0v) is 15.9. The van der Waals surface area contributed by atoms with Gasteiger partial charge in [-0.15, -0.1) is 0 Å². The van der Waals surface area contributed by atoms with Gasteiger partial charge in [-0.05, 0) is 40.5 Å². The van der Waals surface area contributed by atoms with E-state index < -0.39 is 0 Å². The van der Waals surface area contributed by atoms with Gasteiger partial charge < -0.3 is 9.24 Å². The minimum Gasteiger partial charge on any atom is -0.336 e. The van der Waals surface area contributed by atoms with Crippen LogP contribution in [0.1, 0.15) is 19.7 Å². The lowest BCUT2D eigenvalue weighted by molar-refractivity contribution is -0.129. The second kappa shape index (κ2) is 6.54. The van der Waals surface area contributed by atoms with Crippen molar-refractivity contribution in [3.05, 3.63) is 34.7 Å². The number of hydrogen-bond donors (Lipinski definition) is 0. The molecule has 1 aromatic carbocycles. The smallest absolute Gasteiger partial charge is 0.219 e. The molecule has 7 heteroatoms. The zero-order chi connectivity index (χ0) is 16.6. The van der Waals surface area contributed by atoms with Gasteiger partial charge in [-0.25, -0.2) is 4.98 Å². The molecule has 0 aliphatic rings. The first-order valence-corrected chi connectivity index (χ1v) is 9.68. The standard InChI is InChI=1S/C16H18BrN4OP/c1-4-20(10(2)22)9-15-19-14-8-18-13-7-11(17)5-6-12(13)16(14)21(15)23-3/h5-8,23H,4,9H2,1-3H3. The Balaban J connectivity index is 2.21. The topological polar surface area (TPSA) is 51.0 Å². The molecule has 0 bridgehead atoms. The normalized spacial score (nSPS) is 11.8. The molecule has 0 aliphatic carbocycles. The second-order valence-corrected chi connectivity index (χ2v) is 7.08. The van der Waals surface area contributed by atoms with Crippen LogP contribution < -0.4 is 0 Å². The van der Waals surface area contributed by atoms with Crippen molar-refractivity contribution >= 4 is 52.5 Å². The van der Waals surface area contributed by atoms with Gasteiger partial charge in [0.05, 0.1) is 23.8 Å². The Labute approximate surface area is 145 Å². The lowest BCUT2D eigenvalue weighted by Gasteiger charge is -2.19. The van der Waals surface area contributed by atoms with Gasteiger partial charge in [-0.2, -0.15) is 0 Å². The summed E-state index contributed by atoms with van der Waals surface area (Å²) in [5.74, 6) is 0.979. The third-order valence-electron chi connectivity index (χ3n) is 3.90. The maximum Gasteiger partial charge on any atom is 0.219 e. The van der Waals surface area contributed by atoms with Crippen molar-refractivity contribution in [1.82, 2.24) is 19.2 Å². The van der Waals surface area contributed by atoms with Crippen LogP contribution in [-0.4, -0.2) is 38.3 Å². The van der Waals surface area contributed by atoms with Crippen molar-refractivity contribution in [3.63, 3.8) is 0 Å². The highest BCUT2D eigenvalue weighted by Crippen LogP contribution is 2.31. The fourth-order valence-corrected chi connectivity index (χ4v) is 3.93. The van der Waals surface area contributed by atoms with E-state index in [1.165, 1.54) is 0 Å². The summed E-state index contributed by atoms with van der Waals surface area (Å²) in [7, 11) is 0.539. The molecule has 0 fully saturated rings. The van der Waals surface area contributed by atoms with E-state index in [1.54, 1.807) is 11.8 Å². The van der Waals surface area contributed by atoms with E-state index in [4.69, 9.17) is 4.98 Å². The van der Waals surface area contributed by atoms with Gasteiger partial charge in [0.15, 0.2) is 0 Å². The van der Waals surface area contributed by atoms with Crippen molar-refractivity contribution in [1.29, 1.82) is 0 Å². The lowest BCUT2D eigenvalue weighted by Crippen LogP contribution is -2.28. The number of imidazole rings is 1. The number of amides is 1. The summed E-state index contributed by atoms with van der Waals surface area (Å²) in [6.45, 7) is 6.91. The first kappa shape index (κ1) is 16.3. The highest BCUT2D eigenvalue weighted by atomic mass is 79.9. The predicted octanol–water partition coefficient (Wildman–Crippen LogP) is 3.79. The maximum absolute atomic E-state index is 11.7. The fourth-order valence-electron chi connectivity index (χ4n) is 2.74. The van der Waals surface area contributed by atoms with Crippen molar-refractivity contribution in [2.75, 3.05) is 13.2 Å². The van der Waals surface area contributed by atoms with Crippen LogP contribution in [0.15, 0.2) is 28.9 Å². The van der Waals surface area contributed by atoms with Crippen molar-refractivity contribution in [3.8, 4) is 0 Å². The van der Waals surface area contributed by atoms with Crippen LogP contribution in [0.4, 0.5) is 0 Å². The summed E-state index contributed by atoms with van der Waals surface area (Å²) in [5.41, 5.74) is 2.92. The van der Waals surface area contributed by atoms with Crippen LogP contribution in [0.2, 0.25) is 0 Å². The Morgan fingerprint density at radius 3 is 2.83 bits per heavy atom. The Morgan fingerprint density at radius 1 is 1.39 bits per heavy atom. The van der Waals surface area contributed by atoms with Gasteiger partial charge in [-0.1, -0.05) is 15.9 Å². The van der Waals surface area contributed by atoms with Gasteiger partial charge in [0.2, 0.25) is 5.91 Å². The molecule has 2 heterocycles. The third-order valence-corrected chi connectivity index (χ3v) is 5.32. The van der Waals surface area contributed by atoms with Crippen LogP contribution in [-0.2, 0) is 11.3 Å². The molecule has 3 aromatic rings. The molecule has 0 saturated heterocycles. The van der Waals surface area contributed by atoms with Crippen LogP contribution in [0, 0.1) is 0 Å². The van der Waals surface area contributed by atoms with Crippen LogP contribution >= 0.6 is 24.7 Å². The highest BCUT2D eigenvalue weighted by Gasteiger charge is 2.16. The number of pyridine rings is 1. The van der Waals surface area contributed by atoms with Gasteiger partial charge in [0.1, 0.15) is 11.3 Å². The van der Waals surface area contributed by atoms with Crippen LogP contribution in [0.3, 0.4) is 0 Å². The molecule has 3 rings (SSSR count). The minimum absolute atomic E-state index is 0.0671. The Morgan fingerprint density at radius 2 is 2.17 bits per heavy atom. The Kier molecular flexibility index (Phi) is 4.64. The van der Waals surface area contributed by atoms with Gasteiger partial charge in [0.25, 0.3) is 0 Å². The molecule has 0 N–H and O–H groups in total. The first-order chi connectivity index (χ1) is 11.0. The van der Waals surface area contributed by atoms with E-state index in [9.17, 15) is 4.79 Å². The SMILES string of the molecule is CCN(Cc1nc2cnc3cc(Br)ccc3c2n1PC)C(C)=O. The number of rotatable bonds is 4. The summed E-state index contributed by atoms with van der Waals surface area (Å²) >= 11 is 3.49. The second-order valence-electron chi connectivity index (χ2n) is 5.27. The number of fused-ring (bicyclic) bond motifs is 3. The minimum atomic E-state index is 0.0671. The van der Waals surface area contributed by atoms with Gasteiger partial charge in [0, 0.05) is 23.3 Å².